The molecule has 0 aromatic rings. The highest BCUT2D eigenvalue weighted by Crippen LogP contribution is 2.06. The fraction of sp³-hybridized carbons (Fsp3) is 0.677. The largest absolute Gasteiger partial charge is 0.103 e. The van der Waals surface area contributed by atoms with Crippen LogP contribution >= 0.6 is 0 Å². The van der Waals surface area contributed by atoms with Crippen LogP contribution in [0.15, 0.2) is 63.3 Å². The maximum Gasteiger partial charge on any atom is -0.0353 e. The van der Waals surface area contributed by atoms with E-state index in [2.05, 4.69) is 74.4 Å². The topological polar surface area (TPSA) is 0 Å². The van der Waals surface area contributed by atoms with Gasteiger partial charge in [0.05, 0.1) is 0 Å². The molecule has 194 valence electrons. The Bertz CT molecular complexity index is 242. The average Bonchev–Trinajstić information content (AvgIpc) is 2.63. The summed E-state index contributed by atoms with van der Waals surface area (Å²) in [7, 11) is 0. The Morgan fingerprint density at radius 1 is 0.548 bits per heavy atom. The summed E-state index contributed by atoms with van der Waals surface area (Å²) in [5, 5.41) is 0. The predicted molar refractivity (Wildman–Crippen MR) is 162 cm³/mol. The Balaban J connectivity index is -0.0000000284. The summed E-state index contributed by atoms with van der Waals surface area (Å²) in [4.78, 5) is 0. The molecular formula is C31H70. The van der Waals surface area contributed by atoms with Crippen molar-refractivity contribution in [3.8, 4) is 0 Å². The van der Waals surface area contributed by atoms with Gasteiger partial charge in [0.15, 0.2) is 0 Å². The molecule has 0 amide bonds. The van der Waals surface area contributed by atoms with Crippen LogP contribution in [0, 0.1) is 11.8 Å². The Kier molecular flexibility index (Phi) is 129. The first kappa shape index (κ1) is 57.1. The summed E-state index contributed by atoms with van der Waals surface area (Å²) in [6, 6.07) is 0. The van der Waals surface area contributed by atoms with Gasteiger partial charge in [0.2, 0.25) is 0 Å². The number of hydrogen-bond donors (Lipinski definition) is 0. The second-order valence-corrected chi connectivity index (χ2v) is 7.03. The summed E-state index contributed by atoms with van der Waals surface area (Å²) in [6.07, 6.45) is 19.3. The molecule has 0 aromatic carbocycles. The lowest BCUT2D eigenvalue weighted by Crippen LogP contribution is -1.84. The monoisotopic (exact) mass is 443 g/mol. The van der Waals surface area contributed by atoms with E-state index in [4.69, 9.17) is 0 Å². The third kappa shape index (κ3) is 179. The molecule has 0 spiro atoms. The molecule has 0 heterocycles. The predicted octanol–water partition coefficient (Wildman–Crippen LogP) is 12.9. The molecule has 0 N–H and O–H groups in total. The zero-order valence-corrected chi connectivity index (χ0v) is 20.2. The second kappa shape index (κ2) is 70.3. The SMILES string of the molecule is C.C.C.C.C=CC.C=CCC.C=CCC.C=CCCCC(C)C.C=CCCCC(C)C. The van der Waals surface area contributed by atoms with Crippen LogP contribution in [-0.2, 0) is 0 Å². The van der Waals surface area contributed by atoms with E-state index in [1.807, 2.05) is 31.2 Å². The van der Waals surface area contributed by atoms with Crippen molar-refractivity contribution in [3.63, 3.8) is 0 Å². The normalized spacial score (nSPS) is 7.13. The van der Waals surface area contributed by atoms with Crippen LogP contribution < -0.4 is 0 Å². The lowest BCUT2D eigenvalue weighted by molar-refractivity contribution is 0.560. The van der Waals surface area contributed by atoms with Gasteiger partial charge in [-0.15, -0.1) is 32.9 Å². The van der Waals surface area contributed by atoms with Gasteiger partial charge >= 0.3 is 0 Å². The van der Waals surface area contributed by atoms with Crippen molar-refractivity contribution < 1.29 is 0 Å². The molecule has 0 aromatic heterocycles. The molecule has 0 saturated carbocycles. The molecule has 0 rings (SSSR count). The summed E-state index contributed by atoms with van der Waals surface area (Å²) >= 11 is 0. The molecule has 0 bridgehead atoms. The third-order valence-electron chi connectivity index (χ3n) is 2.96. The van der Waals surface area contributed by atoms with Crippen molar-refractivity contribution in [1.29, 1.82) is 0 Å². The lowest BCUT2D eigenvalue weighted by atomic mass is 10.1. The van der Waals surface area contributed by atoms with Crippen molar-refractivity contribution in [3.05, 3.63) is 63.3 Å². The molecule has 0 heteroatoms. The Morgan fingerprint density at radius 2 is 0.742 bits per heavy atom. The van der Waals surface area contributed by atoms with E-state index in [1.54, 1.807) is 6.08 Å². The van der Waals surface area contributed by atoms with E-state index in [0.29, 0.717) is 0 Å². The van der Waals surface area contributed by atoms with Gasteiger partial charge in [0.25, 0.3) is 0 Å². The van der Waals surface area contributed by atoms with Gasteiger partial charge in [-0.3, -0.25) is 0 Å². The Morgan fingerprint density at radius 3 is 0.839 bits per heavy atom. The minimum Gasteiger partial charge on any atom is -0.103 e. The van der Waals surface area contributed by atoms with Crippen molar-refractivity contribution >= 4 is 0 Å². The number of rotatable bonds is 10. The highest BCUT2D eigenvalue weighted by Gasteiger charge is 1.90. The summed E-state index contributed by atoms with van der Waals surface area (Å²) in [5.74, 6) is 1.71. The molecular weight excluding hydrogens is 372 g/mol. The van der Waals surface area contributed by atoms with Gasteiger partial charge in [-0.25, -0.2) is 0 Å². The van der Waals surface area contributed by atoms with Crippen LogP contribution in [0.1, 0.15) is 130 Å². The maximum absolute atomic E-state index is 3.66. The first-order valence-corrected chi connectivity index (χ1v) is 10.8. The van der Waals surface area contributed by atoms with Gasteiger partial charge in [-0.1, -0.05) is 114 Å². The van der Waals surface area contributed by atoms with Crippen LogP contribution in [-0.4, -0.2) is 0 Å². The van der Waals surface area contributed by atoms with Gasteiger partial charge < -0.3 is 0 Å². The van der Waals surface area contributed by atoms with Gasteiger partial charge in [0, 0.05) is 0 Å². The van der Waals surface area contributed by atoms with E-state index >= 15 is 0 Å². The summed E-state index contributed by atoms with van der Waals surface area (Å²) in [5.41, 5.74) is 0. The number of unbranched alkanes of at least 4 members (excludes halogenated alkanes) is 2. The summed E-state index contributed by atoms with van der Waals surface area (Å²) < 4.78 is 0. The highest BCUT2D eigenvalue weighted by molar-refractivity contribution is 4.66. The Hall–Kier alpha value is -1.30. The zero-order valence-electron chi connectivity index (χ0n) is 20.2. The van der Waals surface area contributed by atoms with Gasteiger partial charge in [0.1, 0.15) is 0 Å². The minimum atomic E-state index is 0. The van der Waals surface area contributed by atoms with Crippen molar-refractivity contribution in [2.45, 2.75) is 130 Å². The van der Waals surface area contributed by atoms with Crippen LogP contribution in [0.2, 0.25) is 0 Å². The molecule has 0 aliphatic carbocycles. The van der Waals surface area contributed by atoms with Crippen LogP contribution in [0.4, 0.5) is 0 Å². The quantitative estimate of drug-likeness (QED) is 0.233. The average molecular weight is 443 g/mol. The van der Waals surface area contributed by atoms with Gasteiger partial charge in [-0.2, -0.15) is 0 Å². The van der Waals surface area contributed by atoms with Crippen LogP contribution in [0.25, 0.3) is 0 Å². The number of hydrogen-bond acceptors (Lipinski definition) is 0. The first-order chi connectivity index (χ1) is 12.8. The van der Waals surface area contributed by atoms with E-state index in [9.17, 15) is 0 Å². The fourth-order valence-electron chi connectivity index (χ4n) is 1.34. The molecule has 0 saturated heterocycles. The smallest absolute Gasteiger partial charge is 0.0353 e. The molecule has 31 heavy (non-hydrogen) atoms. The highest BCUT2D eigenvalue weighted by atomic mass is 14.0. The second-order valence-electron chi connectivity index (χ2n) is 7.03. The molecule has 0 fully saturated rings. The third-order valence-corrected chi connectivity index (χ3v) is 2.96. The standard InChI is InChI=1S/2C8H16.2C4H8.C3H6.4CH4/c2*1-4-5-6-7-8(2)3;2*1-3-4-2;1-3-2;;;;/h2*4,8H,1,5-7H2,2-3H3;2*3H,1,4H2,2H3;3H,1H2,2H3;4*1H4. The number of allylic oxidation sites excluding steroid dienone is 5. The Labute approximate surface area is 204 Å². The van der Waals surface area contributed by atoms with E-state index < -0.39 is 0 Å². The maximum atomic E-state index is 3.66. The minimum absolute atomic E-state index is 0. The van der Waals surface area contributed by atoms with Crippen LogP contribution in [0.5, 0.6) is 0 Å². The molecule has 0 aliphatic rings. The fourth-order valence-corrected chi connectivity index (χ4v) is 1.34. The molecule has 0 radical (unpaired) electrons. The van der Waals surface area contributed by atoms with Crippen molar-refractivity contribution in [1.82, 2.24) is 0 Å². The summed E-state index contributed by atoms with van der Waals surface area (Å²) in [6.45, 7) is 32.7. The lowest BCUT2D eigenvalue weighted by Gasteiger charge is -1.99. The van der Waals surface area contributed by atoms with Gasteiger partial charge in [-0.05, 0) is 57.3 Å². The molecule has 0 unspecified atom stereocenters. The van der Waals surface area contributed by atoms with E-state index in [0.717, 1.165) is 24.7 Å². The van der Waals surface area contributed by atoms with Crippen molar-refractivity contribution in [2.24, 2.45) is 11.8 Å². The molecule has 0 nitrogen and oxygen atoms in total. The van der Waals surface area contributed by atoms with Crippen molar-refractivity contribution in [2.75, 3.05) is 0 Å². The first-order valence-electron chi connectivity index (χ1n) is 10.8. The van der Waals surface area contributed by atoms with E-state index in [1.165, 1.54) is 38.5 Å². The molecule has 0 atom stereocenters. The van der Waals surface area contributed by atoms with Crippen LogP contribution in [0.3, 0.4) is 0 Å². The zero-order chi connectivity index (χ0) is 22.3. The van der Waals surface area contributed by atoms with E-state index in [-0.39, 0.29) is 29.7 Å². The molecule has 0 aliphatic heterocycles.